The number of esters is 1. The quantitative estimate of drug-likeness (QED) is 0.445. The second kappa shape index (κ2) is 10.6. The van der Waals surface area contributed by atoms with Crippen molar-refractivity contribution in [2.75, 3.05) is 13.2 Å². The molecule has 0 spiro atoms. The van der Waals surface area contributed by atoms with Gasteiger partial charge in [0.2, 0.25) is 5.54 Å². The average Bonchev–Trinajstić information content (AvgIpc) is 2.59. The number of nitrogens with one attached hydrogen (secondary N) is 1. The van der Waals surface area contributed by atoms with Gasteiger partial charge in [0.05, 0.1) is 12.7 Å². The predicted molar refractivity (Wildman–Crippen MR) is 99.7 cm³/mol. The molecule has 3 unspecified atom stereocenters. The van der Waals surface area contributed by atoms with Crippen molar-refractivity contribution >= 4 is 18.0 Å². The molecule has 1 aliphatic rings. The van der Waals surface area contributed by atoms with Gasteiger partial charge in [-0.05, 0) is 53.4 Å². The summed E-state index contributed by atoms with van der Waals surface area (Å²) in [4.78, 5) is 37.0. The second-order valence-electron chi connectivity index (χ2n) is 7.88. The molecule has 1 saturated heterocycles. The molecule has 0 radical (unpaired) electrons. The number of rotatable bonds is 9. The first-order valence-electron chi connectivity index (χ1n) is 9.69. The molecule has 0 saturated carbocycles. The zero-order valence-corrected chi connectivity index (χ0v) is 17.4. The Balaban J connectivity index is 2.94. The van der Waals surface area contributed by atoms with Crippen molar-refractivity contribution in [1.82, 2.24) is 5.32 Å². The second-order valence-corrected chi connectivity index (χ2v) is 7.88. The van der Waals surface area contributed by atoms with Gasteiger partial charge in [-0.25, -0.2) is 14.4 Å². The van der Waals surface area contributed by atoms with Crippen LogP contribution >= 0.6 is 0 Å². The van der Waals surface area contributed by atoms with E-state index in [9.17, 15) is 19.5 Å². The number of carbonyl (C=O) groups is 3. The van der Waals surface area contributed by atoms with Crippen LogP contribution in [0.2, 0.25) is 0 Å². The Bertz CT molecular complexity index is 539. The molecule has 1 fully saturated rings. The maximum Gasteiger partial charge on any atom is 0.409 e. The minimum atomic E-state index is -2.32. The van der Waals surface area contributed by atoms with Crippen molar-refractivity contribution < 1.29 is 38.4 Å². The average molecular weight is 403 g/mol. The molecule has 28 heavy (non-hydrogen) atoms. The first-order chi connectivity index (χ1) is 13.0. The van der Waals surface area contributed by atoms with Gasteiger partial charge >= 0.3 is 18.0 Å². The Hall–Kier alpha value is -1.87. The van der Waals surface area contributed by atoms with Gasteiger partial charge in [0.25, 0.3) is 0 Å². The molecule has 1 heterocycles. The van der Waals surface area contributed by atoms with E-state index >= 15 is 0 Å². The number of alkyl carbamates (subject to hydrolysis) is 1. The lowest BCUT2D eigenvalue weighted by Gasteiger charge is -2.31. The van der Waals surface area contributed by atoms with E-state index in [-0.39, 0.29) is 13.0 Å². The number of carboxylic acid groups (broad SMARTS) is 1. The fraction of sp³-hybridized carbons (Fsp3) is 0.842. The normalized spacial score (nSPS) is 20.5. The van der Waals surface area contributed by atoms with E-state index in [0.29, 0.717) is 19.4 Å². The molecule has 1 rings (SSSR count). The lowest BCUT2D eigenvalue weighted by Crippen LogP contribution is -2.62. The van der Waals surface area contributed by atoms with Crippen LogP contribution in [0.3, 0.4) is 0 Å². The van der Waals surface area contributed by atoms with Crippen LogP contribution in [0.1, 0.15) is 66.7 Å². The van der Waals surface area contributed by atoms with Crippen LogP contribution in [-0.4, -0.2) is 59.9 Å². The van der Waals surface area contributed by atoms with E-state index in [1.165, 1.54) is 0 Å². The summed E-state index contributed by atoms with van der Waals surface area (Å²) in [6.07, 6.45) is 0.779. The van der Waals surface area contributed by atoms with E-state index in [0.717, 1.165) is 12.8 Å². The highest BCUT2D eigenvalue weighted by atomic mass is 16.7. The number of aliphatic carboxylic acids is 1. The third kappa shape index (κ3) is 7.63. The van der Waals surface area contributed by atoms with Crippen molar-refractivity contribution in [2.24, 2.45) is 0 Å². The van der Waals surface area contributed by atoms with Gasteiger partial charge in [0.15, 0.2) is 6.29 Å². The summed E-state index contributed by atoms with van der Waals surface area (Å²) in [5, 5.41) is 12.0. The lowest BCUT2D eigenvalue weighted by molar-refractivity contribution is -0.177. The number of hydrogen-bond donors (Lipinski definition) is 2. The molecule has 1 amide bonds. The maximum atomic E-state index is 12.7. The van der Waals surface area contributed by atoms with E-state index in [4.69, 9.17) is 18.9 Å². The van der Waals surface area contributed by atoms with E-state index in [2.05, 4.69) is 5.32 Å². The van der Waals surface area contributed by atoms with Crippen molar-refractivity contribution in [1.29, 1.82) is 0 Å². The monoisotopic (exact) mass is 403 g/mol. The number of amides is 1. The highest BCUT2D eigenvalue weighted by Crippen LogP contribution is 2.20. The van der Waals surface area contributed by atoms with Gasteiger partial charge in [-0.15, -0.1) is 0 Å². The first kappa shape index (κ1) is 24.2. The third-order valence-corrected chi connectivity index (χ3v) is 4.23. The largest absolute Gasteiger partial charge is 0.479 e. The number of carboxylic acids is 1. The standard InChI is InChI=1S/C19H33NO8/c1-6-13(2)27-16(23)19(15(21)22,20-17(24)28-18(3,4)5)10-12-26-14-9-7-8-11-25-14/h13-14H,6-12H2,1-5H3,(H,20,24)(H,21,22). The summed E-state index contributed by atoms with van der Waals surface area (Å²) >= 11 is 0. The molecule has 1 aliphatic heterocycles. The van der Waals surface area contributed by atoms with Crippen LogP contribution in [0, 0.1) is 0 Å². The van der Waals surface area contributed by atoms with Crippen LogP contribution in [-0.2, 0) is 28.5 Å². The molecule has 9 heteroatoms. The minimum Gasteiger partial charge on any atom is -0.479 e. The van der Waals surface area contributed by atoms with Gasteiger partial charge < -0.3 is 24.1 Å². The van der Waals surface area contributed by atoms with Crippen molar-refractivity contribution in [2.45, 2.75) is 90.3 Å². The van der Waals surface area contributed by atoms with E-state index < -0.39 is 41.6 Å². The van der Waals surface area contributed by atoms with Crippen molar-refractivity contribution in [3.8, 4) is 0 Å². The van der Waals surface area contributed by atoms with Crippen LogP contribution in [0.5, 0.6) is 0 Å². The fourth-order valence-corrected chi connectivity index (χ4v) is 2.49. The predicted octanol–water partition coefficient (Wildman–Crippen LogP) is 2.61. The Kier molecular flexibility index (Phi) is 9.16. The van der Waals surface area contributed by atoms with Crippen LogP contribution < -0.4 is 5.32 Å². The summed E-state index contributed by atoms with van der Waals surface area (Å²) < 4.78 is 21.4. The van der Waals surface area contributed by atoms with Gasteiger partial charge in [0, 0.05) is 13.0 Å². The SMILES string of the molecule is CCC(C)OC(=O)C(CCOC1CCCCO1)(NC(=O)OC(C)(C)C)C(=O)O. The molecule has 2 N–H and O–H groups in total. The zero-order valence-electron chi connectivity index (χ0n) is 17.4. The lowest BCUT2D eigenvalue weighted by atomic mass is 9.95. The topological polar surface area (TPSA) is 120 Å². The Labute approximate surface area is 166 Å². The Morgan fingerprint density at radius 3 is 2.43 bits per heavy atom. The smallest absolute Gasteiger partial charge is 0.409 e. The number of carbonyl (C=O) groups excluding carboxylic acids is 2. The van der Waals surface area contributed by atoms with Gasteiger partial charge in [-0.2, -0.15) is 0 Å². The molecular formula is C19H33NO8. The Morgan fingerprint density at radius 2 is 1.93 bits per heavy atom. The highest BCUT2D eigenvalue weighted by molar-refractivity contribution is 6.06. The minimum absolute atomic E-state index is 0.109. The van der Waals surface area contributed by atoms with E-state index in [1.54, 1.807) is 34.6 Å². The van der Waals surface area contributed by atoms with Crippen LogP contribution in [0.25, 0.3) is 0 Å². The molecule has 0 aromatic rings. The number of hydrogen-bond acceptors (Lipinski definition) is 7. The highest BCUT2D eigenvalue weighted by Gasteiger charge is 2.50. The zero-order chi connectivity index (χ0) is 21.4. The summed E-state index contributed by atoms with van der Waals surface area (Å²) in [6.45, 7) is 8.81. The molecule has 0 aromatic carbocycles. The molecule has 162 valence electrons. The van der Waals surface area contributed by atoms with E-state index in [1.807, 2.05) is 0 Å². The van der Waals surface area contributed by atoms with Crippen LogP contribution in [0.15, 0.2) is 0 Å². The molecule has 3 atom stereocenters. The van der Waals surface area contributed by atoms with Gasteiger partial charge in [0.1, 0.15) is 5.60 Å². The molecule has 0 aliphatic carbocycles. The molecule has 0 bridgehead atoms. The maximum absolute atomic E-state index is 12.7. The van der Waals surface area contributed by atoms with Gasteiger partial charge in [-0.1, -0.05) is 6.92 Å². The number of ether oxygens (including phenoxy) is 4. The summed E-state index contributed by atoms with van der Waals surface area (Å²) in [5.41, 5.74) is -3.18. The van der Waals surface area contributed by atoms with Crippen LogP contribution in [0.4, 0.5) is 4.79 Å². The summed E-state index contributed by atoms with van der Waals surface area (Å²) in [6, 6.07) is 0. The molecule has 0 aromatic heterocycles. The van der Waals surface area contributed by atoms with Gasteiger partial charge in [-0.3, -0.25) is 5.32 Å². The third-order valence-electron chi connectivity index (χ3n) is 4.23. The van der Waals surface area contributed by atoms with Crippen molar-refractivity contribution in [3.05, 3.63) is 0 Å². The molecular weight excluding hydrogens is 370 g/mol. The molecule has 9 nitrogen and oxygen atoms in total. The first-order valence-corrected chi connectivity index (χ1v) is 9.69. The Morgan fingerprint density at radius 1 is 1.25 bits per heavy atom. The summed E-state index contributed by atoms with van der Waals surface area (Å²) in [5.74, 6) is -2.60. The fourth-order valence-electron chi connectivity index (χ4n) is 2.49. The summed E-state index contributed by atoms with van der Waals surface area (Å²) in [7, 11) is 0. The van der Waals surface area contributed by atoms with Crippen molar-refractivity contribution in [3.63, 3.8) is 0 Å².